The van der Waals surface area contributed by atoms with Gasteiger partial charge in [-0.15, -0.1) is 0 Å². The molecule has 1 aromatic carbocycles. The highest BCUT2D eigenvalue weighted by molar-refractivity contribution is 6.09. The third-order valence-electron chi connectivity index (χ3n) is 6.12. The van der Waals surface area contributed by atoms with Gasteiger partial charge in [0, 0.05) is 12.6 Å². The molecule has 4 atom stereocenters. The van der Waals surface area contributed by atoms with Crippen LogP contribution < -0.4 is 5.32 Å². The van der Waals surface area contributed by atoms with Crippen LogP contribution in [0.15, 0.2) is 36.4 Å². The fourth-order valence-electron chi connectivity index (χ4n) is 4.58. The average molecular weight is 399 g/mol. The van der Waals surface area contributed by atoms with Crippen molar-refractivity contribution in [2.24, 2.45) is 11.8 Å². The SMILES string of the molecule is CCCCN1C(=O)C2C(C=Cc3ccccc3)NC(CCCC)(C(=O)O)C2C1=O. The minimum absolute atomic E-state index is 0.247. The molecule has 2 amide bonds. The number of carbonyl (C=O) groups is 3. The maximum atomic E-state index is 13.2. The third kappa shape index (κ3) is 3.86. The Morgan fingerprint density at radius 3 is 2.45 bits per heavy atom. The number of hydrogen-bond acceptors (Lipinski definition) is 4. The number of amides is 2. The minimum Gasteiger partial charge on any atom is -0.480 e. The van der Waals surface area contributed by atoms with Gasteiger partial charge in [-0.3, -0.25) is 24.6 Å². The zero-order chi connectivity index (χ0) is 21.0. The lowest BCUT2D eigenvalue weighted by Gasteiger charge is -2.30. The summed E-state index contributed by atoms with van der Waals surface area (Å²) in [5.41, 5.74) is -0.438. The second-order valence-electron chi connectivity index (χ2n) is 8.01. The molecule has 29 heavy (non-hydrogen) atoms. The van der Waals surface area contributed by atoms with Crippen molar-refractivity contribution in [3.63, 3.8) is 0 Å². The van der Waals surface area contributed by atoms with E-state index >= 15 is 0 Å². The maximum absolute atomic E-state index is 13.2. The summed E-state index contributed by atoms with van der Waals surface area (Å²) in [5.74, 6) is -3.16. The fourth-order valence-corrected chi connectivity index (χ4v) is 4.58. The number of nitrogens with one attached hydrogen (secondary N) is 1. The van der Waals surface area contributed by atoms with Gasteiger partial charge in [0.2, 0.25) is 11.8 Å². The van der Waals surface area contributed by atoms with E-state index in [9.17, 15) is 19.5 Å². The molecule has 6 heteroatoms. The third-order valence-corrected chi connectivity index (χ3v) is 6.12. The van der Waals surface area contributed by atoms with Crippen LogP contribution in [0.25, 0.3) is 6.08 Å². The first kappa shape index (κ1) is 21.2. The molecule has 2 fully saturated rings. The second kappa shape index (κ2) is 8.91. The summed E-state index contributed by atoms with van der Waals surface area (Å²) < 4.78 is 0. The Bertz CT molecular complexity index is 791. The standard InChI is InChI=1S/C23H30N2O4/c1-3-5-14-23(22(28)29)19-18(20(26)25(21(19)27)15-6-4-2)17(24-23)13-12-16-10-8-7-9-11-16/h7-13,17-19,24H,3-6,14-15H2,1-2H3,(H,28,29). The number of benzene rings is 1. The molecule has 0 saturated carbocycles. The first-order chi connectivity index (χ1) is 14.0. The van der Waals surface area contributed by atoms with Gasteiger partial charge in [-0.1, -0.05) is 75.6 Å². The van der Waals surface area contributed by atoms with E-state index in [0.29, 0.717) is 19.4 Å². The normalized spacial score (nSPS) is 29.0. The van der Waals surface area contributed by atoms with E-state index in [1.807, 2.05) is 56.3 Å². The number of unbranched alkanes of at least 4 members (excludes halogenated alkanes) is 2. The molecular weight excluding hydrogens is 368 g/mol. The molecular formula is C23H30N2O4. The van der Waals surface area contributed by atoms with E-state index < -0.39 is 29.4 Å². The van der Waals surface area contributed by atoms with Crippen molar-refractivity contribution in [1.82, 2.24) is 10.2 Å². The summed E-state index contributed by atoms with van der Waals surface area (Å²) in [7, 11) is 0. The molecule has 0 aliphatic carbocycles. The summed E-state index contributed by atoms with van der Waals surface area (Å²) in [4.78, 5) is 40.0. The molecule has 0 radical (unpaired) electrons. The Hall–Kier alpha value is -2.47. The number of carboxylic acid groups (broad SMARTS) is 1. The van der Waals surface area contributed by atoms with Gasteiger partial charge in [-0.2, -0.15) is 0 Å². The molecule has 6 nitrogen and oxygen atoms in total. The summed E-state index contributed by atoms with van der Waals surface area (Å²) >= 11 is 0. The molecule has 0 spiro atoms. The summed E-state index contributed by atoms with van der Waals surface area (Å²) in [6.07, 6.45) is 7.15. The highest BCUT2D eigenvalue weighted by Gasteiger charge is 2.67. The van der Waals surface area contributed by atoms with Crippen molar-refractivity contribution in [1.29, 1.82) is 0 Å². The highest BCUT2D eigenvalue weighted by atomic mass is 16.4. The Morgan fingerprint density at radius 2 is 1.83 bits per heavy atom. The minimum atomic E-state index is -1.40. The quantitative estimate of drug-likeness (QED) is 0.624. The molecule has 2 N–H and O–H groups in total. The molecule has 0 bridgehead atoms. The monoisotopic (exact) mass is 398 g/mol. The van der Waals surface area contributed by atoms with E-state index in [0.717, 1.165) is 24.8 Å². The van der Waals surface area contributed by atoms with E-state index in [1.165, 1.54) is 4.90 Å². The molecule has 2 heterocycles. The first-order valence-electron chi connectivity index (χ1n) is 10.6. The molecule has 2 saturated heterocycles. The molecule has 3 rings (SSSR count). The molecule has 4 unspecified atom stereocenters. The zero-order valence-corrected chi connectivity index (χ0v) is 17.1. The Balaban J connectivity index is 1.98. The summed E-state index contributed by atoms with van der Waals surface area (Å²) in [5, 5.41) is 13.3. The van der Waals surface area contributed by atoms with Crippen molar-refractivity contribution in [3.8, 4) is 0 Å². The van der Waals surface area contributed by atoms with Gasteiger partial charge in [-0.05, 0) is 18.4 Å². The van der Waals surface area contributed by atoms with Crippen molar-refractivity contribution in [2.75, 3.05) is 6.54 Å². The number of rotatable bonds is 9. The summed E-state index contributed by atoms with van der Waals surface area (Å²) in [6, 6.07) is 9.16. The van der Waals surface area contributed by atoms with Gasteiger partial charge in [-0.25, -0.2) is 0 Å². The van der Waals surface area contributed by atoms with Gasteiger partial charge in [0.15, 0.2) is 0 Å². The number of carboxylic acids is 1. The van der Waals surface area contributed by atoms with E-state index in [2.05, 4.69) is 5.32 Å². The Kier molecular flexibility index (Phi) is 6.52. The van der Waals surface area contributed by atoms with Gasteiger partial charge >= 0.3 is 5.97 Å². The topological polar surface area (TPSA) is 86.7 Å². The molecule has 0 aromatic heterocycles. The van der Waals surface area contributed by atoms with Crippen LogP contribution in [-0.4, -0.2) is 45.9 Å². The van der Waals surface area contributed by atoms with Crippen molar-refractivity contribution >= 4 is 23.9 Å². The van der Waals surface area contributed by atoms with Gasteiger partial charge in [0.05, 0.1) is 11.8 Å². The van der Waals surface area contributed by atoms with Gasteiger partial charge < -0.3 is 5.11 Å². The average Bonchev–Trinajstić information content (AvgIpc) is 3.18. The maximum Gasteiger partial charge on any atom is 0.324 e. The second-order valence-corrected chi connectivity index (χ2v) is 8.01. The number of hydrogen-bond donors (Lipinski definition) is 2. The predicted octanol–water partition coefficient (Wildman–Crippen LogP) is 3.09. The number of fused-ring (bicyclic) bond motifs is 1. The smallest absolute Gasteiger partial charge is 0.324 e. The fraction of sp³-hybridized carbons (Fsp3) is 0.522. The van der Waals surface area contributed by atoms with E-state index in [-0.39, 0.29) is 11.8 Å². The zero-order valence-electron chi connectivity index (χ0n) is 17.1. The molecule has 2 aliphatic rings. The van der Waals surface area contributed by atoms with Crippen LogP contribution in [-0.2, 0) is 14.4 Å². The molecule has 1 aromatic rings. The molecule has 2 aliphatic heterocycles. The Labute approximate surface area is 172 Å². The lowest BCUT2D eigenvalue weighted by Crippen LogP contribution is -2.56. The summed E-state index contributed by atoms with van der Waals surface area (Å²) in [6.45, 7) is 4.35. The van der Waals surface area contributed by atoms with E-state index in [4.69, 9.17) is 0 Å². The lowest BCUT2D eigenvalue weighted by atomic mass is 9.77. The van der Waals surface area contributed by atoms with Crippen molar-refractivity contribution in [2.45, 2.75) is 57.5 Å². The van der Waals surface area contributed by atoms with Crippen LogP contribution in [0, 0.1) is 11.8 Å². The number of imide groups is 1. The number of nitrogens with zero attached hydrogens (tertiary/aromatic N) is 1. The largest absolute Gasteiger partial charge is 0.480 e. The first-order valence-corrected chi connectivity index (χ1v) is 10.6. The number of likely N-dealkylation sites (tertiary alicyclic amines) is 1. The van der Waals surface area contributed by atoms with Crippen LogP contribution in [0.3, 0.4) is 0 Å². The van der Waals surface area contributed by atoms with Crippen LogP contribution in [0.5, 0.6) is 0 Å². The molecule has 156 valence electrons. The lowest BCUT2D eigenvalue weighted by molar-refractivity contribution is -0.151. The predicted molar refractivity (Wildman–Crippen MR) is 111 cm³/mol. The number of carbonyl (C=O) groups excluding carboxylic acids is 2. The van der Waals surface area contributed by atoms with Crippen LogP contribution in [0.1, 0.15) is 51.5 Å². The van der Waals surface area contributed by atoms with Crippen LogP contribution in [0.4, 0.5) is 0 Å². The van der Waals surface area contributed by atoms with Gasteiger partial charge in [0.1, 0.15) is 5.54 Å². The number of aliphatic carboxylic acids is 1. The van der Waals surface area contributed by atoms with Crippen molar-refractivity contribution < 1.29 is 19.5 Å². The van der Waals surface area contributed by atoms with Crippen LogP contribution >= 0.6 is 0 Å². The van der Waals surface area contributed by atoms with Crippen LogP contribution in [0.2, 0.25) is 0 Å². The Morgan fingerprint density at radius 1 is 1.14 bits per heavy atom. The van der Waals surface area contributed by atoms with E-state index in [1.54, 1.807) is 0 Å². The van der Waals surface area contributed by atoms with Gasteiger partial charge in [0.25, 0.3) is 0 Å². The van der Waals surface area contributed by atoms with Crippen molar-refractivity contribution in [3.05, 3.63) is 42.0 Å². The highest BCUT2D eigenvalue weighted by Crippen LogP contribution is 2.46.